The molecule has 0 aromatic heterocycles. The van der Waals surface area contributed by atoms with E-state index in [4.69, 9.17) is 0 Å². The van der Waals surface area contributed by atoms with Crippen LogP contribution in [0.15, 0.2) is 30.3 Å². The van der Waals surface area contributed by atoms with Crippen molar-refractivity contribution in [3.8, 4) is 0 Å². The van der Waals surface area contributed by atoms with E-state index in [1.807, 2.05) is 0 Å². The molecule has 0 aliphatic carbocycles. The molecule has 58 valence electrons. The largest absolute Gasteiger partial charge is 2.00 e. The zero-order valence-corrected chi connectivity index (χ0v) is 8.95. The summed E-state index contributed by atoms with van der Waals surface area (Å²) < 4.78 is 0. The third-order valence-electron chi connectivity index (χ3n) is 2.36. The van der Waals surface area contributed by atoms with Crippen LogP contribution in [-0.2, 0) is 21.7 Å². The molecule has 0 radical (unpaired) electrons. The van der Waals surface area contributed by atoms with Gasteiger partial charge in [-0.25, -0.2) is 0 Å². The van der Waals surface area contributed by atoms with E-state index in [1.165, 1.54) is 21.9 Å². The van der Waals surface area contributed by atoms with Gasteiger partial charge < -0.3 is 0 Å². The van der Waals surface area contributed by atoms with Crippen molar-refractivity contribution >= 4 is 10.8 Å². The number of hydrogen-bond acceptors (Lipinski definition) is 0. The SMILES string of the molecule is Cc1ccc2[cH-]ccc2c1C.[Ti+2]. The average molecular weight is 191 g/mol. The Bertz CT molecular complexity index is 385. The molecule has 0 saturated carbocycles. The summed E-state index contributed by atoms with van der Waals surface area (Å²) in [6.07, 6.45) is 0. The van der Waals surface area contributed by atoms with Gasteiger partial charge >= 0.3 is 21.7 Å². The van der Waals surface area contributed by atoms with Gasteiger partial charge in [0.15, 0.2) is 0 Å². The van der Waals surface area contributed by atoms with Crippen LogP contribution in [0.3, 0.4) is 0 Å². The number of fused-ring (bicyclic) bond motifs is 1. The fraction of sp³-hybridized carbons (Fsp3) is 0.182. The number of benzene rings is 1. The van der Waals surface area contributed by atoms with Gasteiger partial charge in [0.1, 0.15) is 0 Å². The summed E-state index contributed by atoms with van der Waals surface area (Å²) in [5, 5.41) is 2.75. The van der Waals surface area contributed by atoms with Crippen LogP contribution in [0.5, 0.6) is 0 Å². The maximum atomic E-state index is 2.18. The molecule has 0 saturated heterocycles. The van der Waals surface area contributed by atoms with E-state index in [0.717, 1.165) is 0 Å². The summed E-state index contributed by atoms with van der Waals surface area (Å²) in [5.41, 5.74) is 2.79. The molecule has 1 heteroatoms. The normalized spacial score (nSPS) is 9.83. The maximum Gasteiger partial charge on any atom is 2.00 e. The second-order valence-corrected chi connectivity index (χ2v) is 3.04. The molecule has 0 aliphatic rings. The van der Waals surface area contributed by atoms with Gasteiger partial charge in [-0.2, -0.15) is 12.1 Å². The Kier molecular flexibility index (Phi) is 2.82. The van der Waals surface area contributed by atoms with Crippen LogP contribution in [0.2, 0.25) is 0 Å². The molecule has 0 unspecified atom stereocenters. The first-order valence-corrected chi connectivity index (χ1v) is 3.90. The van der Waals surface area contributed by atoms with E-state index in [0.29, 0.717) is 0 Å². The Morgan fingerprint density at radius 1 is 1.08 bits per heavy atom. The molecule has 2 aromatic rings. The smallest absolute Gasteiger partial charge is 0.168 e. The summed E-state index contributed by atoms with van der Waals surface area (Å²) in [6, 6.07) is 10.8. The molecule has 0 heterocycles. The molecule has 0 spiro atoms. The third-order valence-corrected chi connectivity index (χ3v) is 2.36. The van der Waals surface area contributed by atoms with E-state index in [-0.39, 0.29) is 21.7 Å². The van der Waals surface area contributed by atoms with Crippen LogP contribution in [0, 0.1) is 13.8 Å². The van der Waals surface area contributed by atoms with E-state index in [9.17, 15) is 0 Å². The van der Waals surface area contributed by atoms with Crippen molar-refractivity contribution < 1.29 is 21.7 Å². The van der Waals surface area contributed by atoms with Crippen molar-refractivity contribution in [3.63, 3.8) is 0 Å². The van der Waals surface area contributed by atoms with Crippen LogP contribution < -0.4 is 0 Å². The first kappa shape index (κ1) is 9.63. The predicted octanol–water partition coefficient (Wildman–Crippen LogP) is 3.17. The Balaban J connectivity index is 0.000000720. The minimum atomic E-state index is 0. The maximum absolute atomic E-state index is 2.18. The molecule has 0 atom stereocenters. The van der Waals surface area contributed by atoms with Crippen molar-refractivity contribution in [2.24, 2.45) is 0 Å². The van der Waals surface area contributed by atoms with E-state index in [2.05, 4.69) is 44.2 Å². The minimum Gasteiger partial charge on any atom is -0.168 e. The van der Waals surface area contributed by atoms with Crippen LogP contribution in [0.25, 0.3) is 10.8 Å². The van der Waals surface area contributed by atoms with Crippen molar-refractivity contribution in [2.45, 2.75) is 13.8 Å². The topological polar surface area (TPSA) is 0 Å². The predicted molar refractivity (Wildman–Crippen MR) is 49.0 cm³/mol. The van der Waals surface area contributed by atoms with Gasteiger partial charge in [-0.05, 0) is 13.8 Å². The second kappa shape index (κ2) is 3.51. The van der Waals surface area contributed by atoms with Gasteiger partial charge in [0, 0.05) is 0 Å². The third kappa shape index (κ3) is 1.37. The Morgan fingerprint density at radius 2 is 1.83 bits per heavy atom. The van der Waals surface area contributed by atoms with Crippen molar-refractivity contribution in [2.75, 3.05) is 0 Å². The molecule has 0 amide bonds. The molecule has 2 rings (SSSR count). The van der Waals surface area contributed by atoms with Gasteiger partial charge in [0.25, 0.3) is 0 Å². The van der Waals surface area contributed by atoms with E-state index < -0.39 is 0 Å². The van der Waals surface area contributed by atoms with Gasteiger partial charge in [-0.15, -0.1) is 29.0 Å². The fourth-order valence-electron chi connectivity index (χ4n) is 1.47. The molecule has 0 nitrogen and oxygen atoms in total. The van der Waals surface area contributed by atoms with Crippen molar-refractivity contribution in [1.82, 2.24) is 0 Å². The zero-order valence-electron chi connectivity index (χ0n) is 7.39. The summed E-state index contributed by atoms with van der Waals surface area (Å²) >= 11 is 0. The van der Waals surface area contributed by atoms with E-state index >= 15 is 0 Å². The van der Waals surface area contributed by atoms with Gasteiger partial charge in [-0.1, -0.05) is 11.1 Å². The Hall–Kier alpha value is -0.456. The Morgan fingerprint density at radius 3 is 2.58 bits per heavy atom. The van der Waals surface area contributed by atoms with Crippen molar-refractivity contribution in [1.29, 1.82) is 0 Å². The fourth-order valence-corrected chi connectivity index (χ4v) is 1.47. The van der Waals surface area contributed by atoms with E-state index in [1.54, 1.807) is 0 Å². The Labute approximate surface area is 87.8 Å². The number of hydrogen-bond donors (Lipinski definition) is 0. The minimum absolute atomic E-state index is 0. The van der Waals surface area contributed by atoms with Crippen molar-refractivity contribution in [3.05, 3.63) is 41.5 Å². The summed E-state index contributed by atoms with van der Waals surface area (Å²) in [7, 11) is 0. The van der Waals surface area contributed by atoms with Crippen LogP contribution in [0.1, 0.15) is 11.1 Å². The molecule has 0 fully saturated rings. The van der Waals surface area contributed by atoms with Crippen LogP contribution >= 0.6 is 0 Å². The zero-order chi connectivity index (χ0) is 7.84. The number of aryl methyl sites for hydroxylation is 2. The molecule has 2 aromatic carbocycles. The molecular formula is C11H11Ti+. The monoisotopic (exact) mass is 191 g/mol. The standard InChI is InChI=1S/C11H11.Ti/c1-8-6-7-10-4-3-5-11(10)9(8)2;/h3-7H,1-2H3;/q-1;+2. The van der Waals surface area contributed by atoms with Crippen LogP contribution in [-0.4, -0.2) is 0 Å². The van der Waals surface area contributed by atoms with Crippen LogP contribution in [0.4, 0.5) is 0 Å². The quantitative estimate of drug-likeness (QED) is 0.443. The molecule has 0 aliphatic heterocycles. The number of rotatable bonds is 0. The first-order valence-electron chi connectivity index (χ1n) is 3.90. The molecule has 0 bridgehead atoms. The van der Waals surface area contributed by atoms with Gasteiger partial charge in [0.05, 0.1) is 0 Å². The van der Waals surface area contributed by atoms with Gasteiger partial charge in [0.2, 0.25) is 0 Å². The molecule has 0 N–H and O–H groups in total. The molecule has 12 heavy (non-hydrogen) atoms. The first-order chi connectivity index (χ1) is 5.29. The second-order valence-electron chi connectivity index (χ2n) is 3.04. The van der Waals surface area contributed by atoms with Gasteiger partial charge in [-0.3, -0.25) is 0 Å². The summed E-state index contributed by atoms with van der Waals surface area (Å²) in [5.74, 6) is 0. The average Bonchev–Trinajstić information content (AvgIpc) is 2.45. The summed E-state index contributed by atoms with van der Waals surface area (Å²) in [4.78, 5) is 0. The molecular weight excluding hydrogens is 180 g/mol. The summed E-state index contributed by atoms with van der Waals surface area (Å²) in [6.45, 7) is 4.33.